The minimum atomic E-state index is -0.710. The van der Waals surface area contributed by atoms with Gasteiger partial charge in [0.2, 0.25) is 5.91 Å². The minimum absolute atomic E-state index is 0.00714. The molecule has 1 aromatic carbocycles. The first-order chi connectivity index (χ1) is 14.5. The largest absolute Gasteiger partial charge is 0.389 e. The van der Waals surface area contributed by atoms with Gasteiger partial charge in [-0.15, -0.1) is 0 Å². The van der Waals surface area contributed by atoms with Crippen LogP contribution in [0, 0.1) is 6.92 Å². The highest BCUT2D eigenvalue weighted by Gasteiger charge is 2.36. The van der Waals surface area contributed by atoms with Gasteiger partial charge in [-0.1, -0.05) is 12.1 Å². The van der Waals surface area contributed by atoms with E-state index >= 15 is 0 Å². The van der Waals surface area contributed by atoms with Crippen LogP contribution in [0.25, 0.3) is 22.2 Å². The van der Waals surface area contributed by atoms with Crippen LogP contribution in [0.2, 0.25) is 0 Å². The first kappa shape index (κ1) is 18.5. The van der Waals surface area contributed by atoms with Crippen molar-refractivity contribution >= 4 is 33.9 Å². The van der Waals surface area contributed by atoms with Crippen LogP contribution in [0.3, 0.4) is 0 Å². The molecule has 1 aliphatic rings. The molecule has 154 valence electrons. The molecule has 0 unspecified atom stereocenters. The number of hydrogen-bond donors (Lipinski definition) is 2. The first-order valence-electron chi connectivity index (χ1n) is 9.83. The molecule has 0 aliphatic carbocycles. The molecule has 4 heterocycles. The summed E-state index contributed by atoms with van der Waals surface area (Å²) in [5.74, 6) is 1.17. The number of benzene rings is 1. The standard InChI is InChI=1S/C20H22N8O2/c1-12-25-13-4-2-3-5-14(13)27(12)7-6-17(30)26-8-15(16(29)9-26)28-11-24-18-19(21)22-10-23-20(18)28/h2-5,10-11,15-16,29H,6-9H2,1H3,(H2,21,22,23)/t15-,16-/m1/s1. The summed E-state index contributed by atoms with van der Waals surface area (Å²) in [6.07, 6.45) is 2.59. The molecule has 5 rings (SSSR count). The minimum Gasteiger partial charge on any atom is -0.389 e. The molecule has 1 saturated heterocycles. The number of rotatable bonds is 4. The Bertz CT molecular complexity index is 1250. The molecule has 3 N–H and O–H groups in total. The van der Waals surface area contributed by atoms with Crippen molar-refractivity contribution in [1.82, 2.24) is 34.0 Å². The lowest BCUT2D eigenvalue weighted by Gasteiger charge is -2.17. The van der Waals surface area contributed by atoms with E-state index in [2.05, 4.69) is 24.5 Å². The fraction of sp³-hybridized carbons (Fsp3) is 0.350. The predicted octanol–water partition coefficient (Wildman–Crippen LogP) is 0.901. The Labute approximate surface area is 172 Å². The lowest BCUT2D eigenvalue weighted by Crippen LogP contribution is -2.30. The number of nitrogens with two attached hydrogens (primary N) is 1. The number of aliphatic hydroxyl groups is 1. The lowest BCUT2D eigenvalue weighted by molar-refractivity contribution is -0.130. The molecule has 1 amide bonds. The fourth-order valence-electron chi connectivity index (χ4n) is 4.20. The van der Waals surface area contributed by atoms with E-state index in [1.807, 2.05) is 31.2 Å². The monoisotopic (exact) mass is 406 g/mol. The van der Waals surface area contributed by atoms with Crippen molar-refractivity contribution < 1.29 is 9.90 Å². The van der Waals surface area contributed by atoms with Gasteiger partial charge in [-0.05, 0) is 19.1 Å². The summed E-state index contributed by atoms with van der Waals surface area (Å²) in [6, 6.07) is 7.56. The van der Waals surface area contributed by atoms with Crippen LogP contribution in [0.5, 0.6) is 0 Å². The number of anilines is 1. The second kappa shape index (κ2) is 7.06. The number of hydrogen-bond acceptors (Lipinski definition) is 7. The van der Waals surface area contributed by atoms with Crippen LogP contribution in [0.1, 0.15) is 18.3 Å². The van der Waals surface area contributed by atoms with E-state index in [-0.39, 0.29) is 18.5 Å². The third-order valence-corrected chi connectivity index (χ3v) is 5.75. The van der Waals surface area contributed by atoms with Gasteiger partial charge in [0.05, 0.1) is 29.5 Å². The van der Waals surface area contributed by atoms with E-state index in [1.165, 1.54) is 6.33 Å². The number of fused-ring (bicyclic) bond motifs is 2. The third kappa shape index (κ3) is 2.96. The Balaban J connectivity index is 1.31. The highest BCUT2D eigenvalue weighted by atomic mass is 16.3. The number of amides is 1. The van der Waals surface area contributed by atoms with E-state index in [0.717, 1.165) is 16.9 Å². The third-order valence-electron chi connectivity index (χ3n) is 5.75. The Morgan fingerprint density at radius 2 is 2.07 bits per heavy atom. The molecule has 4 aromatic rings. The van der Waals surface area contributed by atoms with Crippen molar-refractivity contribution in [2.24, 2.45) is 0 Å². The molecule has 10 nitrogen and oxygen atoms in total. The zero-order valence-electron chi connectivity index (χ0n) is 16.5. The van der Waals surface area contributed by atoms with Gasteiger partial charge < -0.3 is 24.9 Å². The quantitative estimate of drug-likeness (QED) is 0.515. The summed E-state index contributed by atoms with van der Waals surface area (Å²) in [6.45, 7) is 3.14. The van der Waals surface area contributed by atoms with E-state index in [4.69, 9.17) is 5.73 Å². The van der Waals surface area contributed by atoms with Gasteiger partial charge in [0.25, 0.3) is 0 Å². The SMILES string of the molecule is Cc1nc2ccccc2n1CCC(=O)N1C[C@@H](O)[C@H](n2cnc3c(N)ncnc32)C1. The number of imidazole rings is 2. The smallest absolute Gasteiger partial charge is 0.224 e. The van der Waals surface area contributed by atoms with Gasteiger partial charge in [0, 0.05) is 26.1 Å². The molecule has 30 heavy (non-hydrogen) atoms. The lowest BCUT2D eigenvalue weighted by atomic mass is 10.2. The van der Waals surface area contributed by atoms with Gasteiger partial charge in [0.1, 0.15) is 17.7 Å². The average Bonchev–Trinajstić information content (AvgIpc) is 3.41. The maximum absolute atomic E-state index is 12.9. The second-order valence-electron chi connectivity index (χ2n) is 7.57. The molecule has 0 spiro atoms. The van der Waals surface area contributed by atoms with Crippen molar-refractivity contribution in [3.63, 3.8) is 0 Å². The summed E-state index contributed by atoms with van der Waals surface area (Å²) in [5.41, 5.74) is 8.85. The number of carbonyl (C=O) groups excluding carboxylic acids is 1. The molecule has 2 atom stereocenters. The number of aromatic nitrogens is 6. The normalized spacial score (nSPS) is 19.2. The molecule has 0 saturated carbocycles. The molecular formula is C20H22N8O2. The summed E-state index contributed by atoms with van der Waals surface area (Å²) >= 11 is 0. The molecule has 1 fully saturated rings. The van der Waals surface area contributed by atoms with Crippen molar-refractivity contribution in [1.29, 1.82) is 0 Å². The van der Waals surface area contributed by atoms with E-state index in [0.29, 0.717) is 36.5 Å². The Kier molecular flexibility index (Phi) is 4.35. The number of para-hydroxylation sites is 2. The highest BCUT2D eigenvalue weighted by Crippen LogP contribution is 2.27. The molecule has 0 radical (unpaired) electrons. The number of aliphatic hydroxyl groups excluding tert-OH is 1. The van der Waals surface area contributed by atoms with Crippen molar-refractivity contribution in [3.05, 3.63) is 42.7 Å². The maximum atomic E-state index is 12.9. The molecular weight excluding hydrogens is 384 g/mol. The van der Waals surface area contributed by atoms with Crippen LogP contribution in [0.15, 0.2) is 36.9 Å². The van der Waals surface area contributed by atoms with E-state index in [9.17, 15) is 9.90 Å². The van der Waals surface area contributed by atoms with Gasteiger partial charge in [-0.25, -0.2) is 19.9 Å². The van der Waals surface area contributed by atoms with Crippen LogP contribution in [0.4, 0.5) is 5.82 Å². The number of carbonyl (C=O) groups is 1. The van der Waals surface area contributed by atoms with E-state index in [1.54, 1.807) is 15.8 Å². The van der Waals surface area contributed by atoms with Crippen molar-refractivity contribution in [3.8, 4) is 0 Å². The second-order valence-corrected chi connectivity index (χ2v) is 7.57. The Morgan fingerprint density at radius 1 is 1.23 bits per heavy atom. The first-order valence-corrected chi connectivity index (χ1v) is 9.83. The van der Waals surface area contributed by atoms with Crippen LogP contribution < -0.4 is 5.73 Å². The summed E-state index contributed by atoms with van der Waals surface area (Å²) in [4.78, 5) is 31.6. The zero-order valence-corrected chi connectivity index (χ0v) is 16.5. The Hall–Kier alpha value is -3.53. The van der Waals surface area contributed by atoms with Gasteiger partial charge in [0.15, 0.2) is 11.5 Å². The van der Waals surface area contributed by atoms with Crippen molar-refractivity contribution in [2.45, 2.75) is 32.0 Å². The number of β-amino-alcohol motifs (C(OH)–C–C–N with tert-alkyl or cyclic N) is 1. The number of nitrogens with zero attached hydrogens (tertiary/aromatic N) is 7. The average molecular weight is 406 g/mol. The fourth-order valence-corrected chi connectivity index (χ4v) is 4.20. The number of nitrogen functional groups attached to an aromatic ring is 1. The molecule has 0 bridgehead atoms. The van der Waals surface area contributed by atoms with Crippen LogP contribution in [-0.2, 0) is 11.3 Å². The maximum Gasteiger partial charge on any atom is 0.224 e. The topological polar surface area (TPSA) is 128 Å². The molecule has 1 aliphatic heterocycles. The van der Waals surface area contributed by atoms with E-state index < -0.39 is 6.10 Å². The van der Waals surface area contributed by atoms with Crippen LogP contribution in [-0.4, -0.2) is 64.2 Å². The highest BCUT2D eigenvalue weighted by molar-refractivity contribution is 5.81. The molecule has 10 heteroatoms. The summed E-state index contributed by atoms with van der Waals surface area (Å²) in [5, 5.41) is 10.6. The van der Waals surface area contributed by atoms with Gasteiger partial charge in [-0.2, -0.15) is 0 Å². The van der Waals surface area contributed by atoms with Gasteiger partial charge in [-0.3, -0.25) is 4.79 Å². The number of aryl methyl sites for hydroxylation is 2. The predicted molar refractivity (Wildman–Crippen MR) is 110 cm³/mol. The zero-order chi connectivity index (χ0) is 20.8. The van der Waals surface area contributed by atoms with Crippen molar-refractivity contribution in [2.75, 3.05) is 18.8 Å². The summed E-state index contributed by atoms with van der Waals surface area (Å²) in [7, 11) is 0. The Morgan fingerprint density at radius 3 is 2.93 bits per heavy atom. The summed E-state index contributed by atoms with van der Waals surface area (Å²) < 4.78 is 3.83. The number of likely N-dealkylation sites (tertiary alicyclic amines) is 1. The van der Waals surface area contributed by atoms with Gasteiger partial charge >= 0.3 is 0 Å². The molecule has 3 aromatic heterocycles. The van der Waals surface area contributed by atoms with Crippen LogP contribution >= 0.6 is 0 Å².